The summed E-state index contributed by atoms with van der Waals surface area (Å²) in [7, 11) is 1.66. The predicted molar refractivity (Wildman–Crippen MR) is 80.7 cm³/mol. The Labute approximate surface area is 125 Å². The average Bonchev–Trinajstić information content (AvgIpc) is 3.06. The molecule has 4 nitrogen and oxygen atoms in total. The quantitative estimate of drug-likeness (QED) is 0.926. The van der Waals surface area contributed by atoms with Gasteiger partial charge in [-0.05, 0) is 30.9 Å². The highest BCUT2D eigenvalue weighted by Crippen LogP contribution is 2.35. The second kappa shape index (κ2) is 6.37. The van der Waals surface area contributed by atoms with Crippen molar-refractivity contribution in [2.75, 3.05) is 20.3 Å². The Morgan fingerprint density at radius 1 is 1.38 bits per heavy atom. The van der Waals surface area contributed by atoms with Crippen molar-refractivity contribution in [3.8, 4) is 11.5 Å². The monoisotopic (exact) mass is 289 g/mol. The van der Waals surface area contributed by atoms with Gasteiger partial charge < -0.3 is 14.8 Å². The van der Waals surface area contributed by atoms with Gasteiger partial charge in [0.1, 0.15) is 0 Å². The molecule has 1 amide bonds. The van der Waals surface area contributed by atoms with Crippen LogP contribution in [0.1, 0.15) is 31.2 Å². The molecule has 1 aromatic carbocycles. The van der Waals surface area contributed by atoms with Gasteiger partial charge in [-0.2, -0.15) is 0 Å². The molecule has 0 spiro atoms. The average molecular weight is 289 g/mol. The van der Waals surface area contributed by atoms with Crippen LogP contribution in [0.5, 0.6) is 11.5 Å². The number of amides is 1. The van der Waals surface area contributed by atoms with Crippen LogP contribution in [0.2, 0.25) is 0 Å². The summed E-state index contributed by atoms with van der Waals surface area (Å²) in [6.45, 7) is 1.34. The highest BCUT2D eigenvalue weighted by molar-refractivity contribution is 5.78. The van der Waals surface area contributed by atoms with Gasteiger partial charge in [-0.15, -0.1) is 0 Å². The van der Waals surface area contributed by atoms with Gasteiger partial charge in [-0.1, -0.05) is 25.0 Å². The van der Waals surface area contributed by atoms with Crippen molar-refractivity contribution in [1.29, 1.82) is 0 Å². The van der Waals surface area contributed by atoms with Crippen LogP contribution in [-0.2, 0) is 11.2 Å². The van der Waals surface area contributed by atoms with Crippen LogP contribution >= 0.6 is 0 Å². The van der Waals surface area contributed by atoms with Gasteiger partial charge in [-0.25, -0.2) is 0 Å². The van der Waals surface area contributed by atoms with E-state index in [9.17, 15) is 4.79 Å². The minimum Gasteiger partial charge on any atom is -0.493 e. The maximum absolute atomic E-state index is 12.1. The summed E-state index contributed by atoms with van der Waals surface area (Å²) in [6, 6.07) is 5.98. The Balaban J connectivity index is 1.55. The van der Waals surface area contributed by atoms with Crippen LogP contribution < -0.4 is 14.8 Å². The molecule has 1 heterocycles. The predicted octanol–water partition coefficient (Wildman–Crippen LogP) is 2.55. The van der Waals surface area contributed by atoms with Crippen molar-refractivity contribution in [2.24, 2.45) is 11.8 Å². The van der Waals surface area contributed by atoms with E-state index in [1.54, 1.807) is 7.11 Å². The number of benzene rings is 1. The van der Waals surface area contributed by atoms with E-state index in [1.807, 2.05) is 12.1 Å². The van der Waals surface area contributed by atoms with E-state index < -0.39 is 0 Å². The fourth-order valence-electron chi connectivity index (χ4n) is 3.33. The Morgan fingerprint density at radius 3 is 2.95 bits per heavy atom. The fraction of sp³-hybridized carbons (Fsp3) is 0.588. The summed E-state index contributed by atoms with van der Waals surface area (Å²) in [6.07, 6.45) is 5.41. The van der Waals surface area contributed by atoms with Gasteiger partial charge in [0.2, 0.25) is 5.91 Å². The van der Waals surface area contributed by atoms with Crippen molar-refractivity contribution >= 4 is 5.91 Å². The summed E-state index contributed by atoms with van der Waals surface area (Å²) in [4.78, 5) is 12.1. The second-order valence-electron chi connectivity index (χ2n) is 6.06. The molecule has 1 N–H and O–H groups in total. The molecule has 1 fully saturated rings. The molecular weight excluding hydrogens is 266 g/mol. The summed E-state index contributed by atoms with van der Waals surface area (Å²) in [5.74, 6) is 2.46. The topological polar surface area (TPSA) is 47.6 Å². The standard InChI is InChI=1S/C17H23NO3/c1-20-15-8-4-7-14-9-12(11-21-16(14)15)10-18-17(19)13-5-2-3-6-13/h4,7-8,12-13H,2-3,5-6,9-11H2,1H3,(H,18,19)/t12-/m1/s1. The number of methoxy groups -OCH3 is 1. The lowest BCUT2D eigenvalue weighted by atomic mass is 9.96. The van der Waals surface area contributed by atoms with E-state index in [1.165, 1.54) is 18.4 Å². The van der Waals surface area contributed by atoms with Crippen molar-refractivity contribution in [3.63, 3.8) is 0 Å². The van der Waals surface area contributed by atoms with Crippen LogP contribution in [0.4, 0.5) is 0 Å². The first kappa shape index (κ1) is 14.2. The van der Waals surface area contributed by atoms with Crippen LogP contribution in [0.3, 0.4) is 0 Å². The maximum Gasteiger partial charge on any atom is 0.223 e. The van der Waals surface area contributed by atoms with E-state index in [4.69, 9.17) is 9.47 Å². The summed E-state index contributed by atoms with van der Waals surface area (Å²) in [5.41, 5.74) is 1.17. The molecule has 4 heteroatoms. The van der Waals surface area contributed by atoms with Crippen LogP contribution in [0.15, 0.2) is 18.2 Å². The molecule has 0 saturated heterocycles. The normalized spacial score (nSPS) is 21.5. The Kier molecular flexibility index (Phi) is 4.32. The number of carbonyl (C=O) groups excluding carboxylic acids is 1. The zero-order valence-corrected chi connectivity index (χ0v) is 12.6. The Morgan fingerprint density at radius 2 is 2.19 bits per heavy atom. The fourth-order valence-corrected chi connectivity index (χ4v) is 3.33. The first-order chi connectivity index (χ1) is 10.3. The third-order valence-corrected chi connectivity index (χ3v) is 4.54. The number of ether oxygens (including phenoxy) is 2. The van der Waals surface area contributed by atoms with Crippen molar-refractivity contribution < 1.29 is 14.3 Å². The number of fused-ring (bicyclic) bond motifs is 1. The first-order valence-electron chi connectivity index (χ1n) is 7.84. The molecule has 2 aliphatic rings. The van der Waals surface area contributed by atoms with Gasteiger partial charge in [0.25, 0.3) is 0 Å². The minimum atomic E-state index is 0.226. The molecule has 0 aromatic heterocycles. The number of rotatable bonds is 4. The molecule has 1 atom stereocenters. The minimum absolute atomic E-state index is 0.226. The number of hydrogen-bond acceptors (Lipinski definition) is 3. The number of hydrogen-bond donors (Lipinski definition) is 1. The van der Waals surface area contributed by atoms with E-state index in [2.05, 4.69) is 11.4 Å². The summed E-state index contributed by atoms with van der Waals surface area (Å²) >= 11 is 0. The van der Waals surface area contributed by atoms with Gasteiger partial charge in [0.05, 0.1) is 13.7 Å². The smallest absolute Gasteiger partial charge is 0.223 e. The van der Waals surface area contributed by atoms with Gasteiger partial charge in [0.15, 0.2) is 11.5 Å². The highest BCUT2D eigenvalue weighted by atomic mass is 16.5. The van der Waals surface area contributed by atoms with Crippen LogP contribution in [0, 0.1) is 11.8 Å². The first-order valence-corrected chi connectivity index (χ1v) is 7.84. The summed E-state index contributed by atoms with van der Waals surface area (Å²) < 4.78 is 11.2. The van der Waals surface area contributed by atoms with Crippen molar-refractivity contribution in [2.45, 2.75) is 32.1 Å². The Hall–Kier alpha value is -1.71. The largest absolute Gasteiger partial charge is 0.493 e. The van der Waals surface area contributed by atoms with Crippen molar-refractivity contribution in [3.05, 3.63) is 23.8 Å². The molecule has 0 unspecified atom stereocenters. The molecule has 21 heavy (non-hydrogen) atoms. The van der Waals surface area contributed by atoms with E-state index in [-0.39, 0.29) is 11.8 Å². The maximum atomic E-state index is 12.1. The lowest BCUT2D eigenvalue weighted by Gasteiger charge is -2.27. The van der Waals surface area contributed by atoms with Crippen LogP contribution in [0.25, 0.3) is 0 Å². The highest BCUT2D eigenvalue weighted by Gasteiger charge is 2.26. The number of nitrogens with one attached hydrogen (secondary N) is 1. The number of carbonyl (C=O) groups is 1. The third kappa shape index (κ3) is 3.14. The summed E-state index contributed by atoms with van der Waals surface area (Å²) in [5, 5.41) is 3.10. The Bertz CT molecular complexity index is 509. The lowest BCUT2D eigenvalue weighted by Crippen LogP contribution is -2.37. The zero-order chi connectivity index (χ0) is 14.7. The van der Waals surface area contributed by atoms with E-state index in [0.29, 0.717) is 19.1 Å². The second-order valence-corrected chi connectivity index (χ2v) is 6.06. The SMILES string of the molecule is COc1cccc2c1OC[C@@H](CNC(=O)C1CCCC1)C2. The molecule has 0 radical (unpaired) electrons. The molecule has 1 aliphatic heterocycles. The molecule has 1 saturated carbocycles. The lowest BCUT2D eigenvalue weighted by molar-refractivity contribution is -0.125. The van der Waals surface area contributed by atoms with Crippen molar-refractivity contribution in [1.82, 2.24) is 5.32 Å². The molecule has 0 bridgehead atoms. The molecular formula is C17H23NO3. The third-order valence-electron chi connectivity index (χ3n) is 4.54. The molecule has 1 aromatic rings. The molecule has 3 rings (SSSR count). The van der Waals surface area contributed by atoms with Gasteiger partial charge >= 0.3 is 0 Å². The van der Waals surface area contributed by atoms with E-state index in [0.717, 1.165) is 30.8 Å². The van der Waals surface area contributed by atoms with Gasteiger partial charge in [-0.3, -0.25) is 4.79 Å². The number of para-hydroxylation sites is 1. The molecule has 1 aliphatic carbocycles. The van der Waals surface area contributed by atoms with Crippen LogP contribution in [-0.4, -0.2) is 26.2 Å². The van der Waals surface area contributed by atoms with E-state index >= 15 is 0 Å². The zero-order valence-electron chi connectivity index (χ0n) is 12.6. The van der Waals surface area contributed by atoms with Gasteiger partial charge in [0, 0.05) is 18.4 Å². The molecule has 114 valence electrons.